The monoisotopic (exact) mass is 247 g/mol. The number of likely N-dealkylation sites (N-methyl/N-ethyl adjacent to an activating group) is 1. The summed E-state index contributed by atoms with van der Waals surface area (Å²) in [5.74, 6) is 2.15. The van der Waals surface area contributed by atoms with Crippen LogP contribution in [-0.4, -0.2) is 27.5 Å². The van der Waals surface area contributed by atoms with Gasteiger partial charge in [0.15, 0.2) is 0 Å². The van der Waals surface area contributed by atoms with Crippen molar-refractivity contribution in [3.05, 3.63) is 42.4 Å². The van der Waals surface area contributed by atoms with E-state index in [1.54, 1.807) is 6.26 Å². The van der Waals surface area contributed by atoms with Gasteiger partial charge in [0.25, 0.3) is 0 Å². The summed E-state index contributed by atoms with van der Waals surface area (Å²) in [5, 5.41) is 0. The predicted molar refractivity (Wildman–Crippen MR) is 71.2 cm³/mol. The molecule has 2 rings (SSSR count). The Morgan fingerprint density at radius 1 is 1.50 bits per heavy atom. The van der Waals surface area contributed by atoms with E-state index < -0.39 is 0 Å². The Bertz CT molecular complexity index is 461. The van der Waals surface area contributed by atoms with E-state index in [0.717, 1.165) is 31.1 Å². The summed E-state index contributed by atoms with van der Waals surface area (Å²) < 4.78 is 7.60. The van der Waals surface area contributed by atoms with E-state index in [-0.39, 0.29) is 0 Å². The molecule has 1 unspecified atom stereocenters. The quantitative estimate of drug-likeness (QED) is 0.786. The molecule has 0 N–H and O–H groups in total. The van der Waals surface area contributed by atoms with Crippen molar-refractivity contribution in [3.8, 4) is 0 Å². The number of hydrogen-bond donors (Lipinski definition) is 0. The molecule has 0 spiro atoms. The van der Waals surface area contributed by atoms with E-state index in [1.807, 2.05) is 18.3 Å². The van der Waals surface area contributed by atoms with E-state index in [4.69, 9.17) is 4.42 Å². The zero-order valence-corrected chi connectivity index (χ0v) is 11.3. The molecule has 2 aromatic heterocycles. The van der Waals surface area contributed by atoms with Gasteiger partial charge in [0.2, 0.25) is 0 Å². The minimum atomic E-state index is 0.439. The van der Waals surface area contributed by atoms with Crippen LogP contribution in [0.15, 0.2) is 35.2 Å². The fourth-order valence-electron chi connectivity index (χ4n) is 2.05. The summed E-state index contributed by atoms with van der Waals surface area (Å²) >= 11 is 0. The van der Waals surface area contributed by atoms with Gasteiger partial charge >= 0.3 is 0 Å². The van der Waals surface area contributed by atoms with Gasteiger partial charge in [-0.05, 0) is 26.1 Å². The van der Waals surface area contributed by atoms with Crippen molar-refractivity contribution in [1.29, 1.82) is 0 Å². The minimum absolute atomic E-state index is 0.439. The van der Waals surface area contributed by atoms with Crippen LogP contribution in [0.3, 0.4) is 0 Å². The van der Waals surface area contributed by atoms with Crippen molar-refractivity contribution in [3.63, 3.8) is 0 Å². The second-order valence-electron chi connectivity index (χ2n) is 4.69. The van der Waals surface area contributed by atoms with Gasteiger partial charge in [-0.25, -0.2) is 4.98 Å². The van der Waals surface area contributed by atoms with E-state index in [9.17, 15) is 0 Å². The Hall–Kier alpha value is -1.55. The molecule has 98 valence electrons. The first-order valence-corrected chi connectivity index (χ1v) is 6.43. The van der Waals surface area contributed by atoms with Crippen LogP contribution in [-0.2, 0) is 19.5 Å². The Morgan fingerprint density at radius 3 is 3.00 bits per heavy atom. The fraction of sp³-hybridized carbons (Fsp3) is 0.500. The summed E-state index contributed by atoms with van der Waals surface area (Å²) in [7, 11) is 2.12. The largest absolute Gasteiger partial charge is 0.468 e. The van der Waals surface area contributed by atoms with Gasteiger partial charge in [0, 0.05) is 31.4 Å². The fourth-order valence-corrected chi connectivity index (χ4v) is 2.05. The number of aryl methyl sites for hydroxylation is 1. The van der Waals surface area contributed by atoms with Crippen LogP contribution >= 0.6 is 0 Å². The summed E-state index contributed by atoms with van der Waals surface area (Å²) in [6.45, 7) is 6.16. The number of rotatable bonds is 6. The molecule has 0 bridgehead atoms. The SMILES string of the molecule is CCc1nccn1CC(C)N(C)Cc1ccco1. The van der Waals surface area contributed by atoms with Crippen molar-refractivity contribution >= 4 is 0 Å². The number of hydrogen-bond acceptors (Lipinski definition) is 3. The molecular formula is C14H21N3O. The third-order valence-electron chi connectivity index (χ3n) is 3.32. The first-order valence-electron chi connectivity index (χ1n) is 6.43. The van der Waals surface area contributed by atoms with Crippen molar-refractivity contribution in [2.45, 2.75) is 39.4 Å². The first kappa shape index (κ1) is 12.9. The topological polar surface area (TPSA) is 34.2 Å². The maximum absolute atomic E-state index is 5.37. The molecule has 0 aromatic carbocycles. The molecule has 4 heteroatoms. The number of furan rings is 1. The van der Waals surface area contributed by atoms with Crippen LogP contribution in [0.1, 0.15) is 25.4 Å². The highest BCUT2D eigenvalue weighted by atomic mass is 16.3. The van der Waals surface area contributed by atoms with Gasteiger partial charge in [-0.3, -0.25) is 4.90 Å². The molecule has 0 aliphatic heterocycles. The first-order chi connectivity index (χ1) is 8.70. The molecule has 0 saturated carbocycles. The zero-order valence-electron chi connectivity index (χ0n) is 11.3. The Morgan fingerprint density at radius 2 is 2.33 bits per heavy atom. The van der Waals surface area contributed by atoms with Crippen LogP contribution < -0.4 is 0 Å². The normalized spacial score (nSPS) is 13.1. The number of aromatic nitrogens is 2. The lowest BCUT2D eigenvalue weighted by atomic mass is 10.2. The van der Waals surface area contributed by atoms with Crippen LogP contribution in [0.25, 0.3) is 0 Å². The molecule has 0 aliphatic carbocycles. The van der Waals surface area contributed by atoms with E-state index in [2.05, 4.69) is 41.5 Å². The van der Waals surface area contributed by atoms with Crippen molar-refractivity contribution in [1.82, 2.24) is 14.5 Å². The molecule has 1 atom stereocenters. The van der Waals surface area contributed by atoms with Crippen LogP contribution in [0.5, 0.6) is 0 Å². The third-order valence-corrected chi connectivity index (χ3v) is 3.32. The molecule has 4 nitrogen and oxygen atoms in total. The van der Waals surface area contributed by atoms with E-state index in [0.29, 0.717) is 6.04 Å². The lowest BCUT2D eigenvalue weighted by Crippen LogP contribution is -2.32. The van der Waals surface area contributed by atoms with Crippen LogP contribution in [0, 0.1) is 0 Å². The standard InChI is InChI=1S/C14H21N3O/c1-4-14-15-7-8-17(14)10-12(2)16(3)11-13-6-5-9-18-13/h5-9,12H,4,10-11H2,1-3H3. The Labute approximate surface area is 108 Å². The third kappa shape index (κ3) is 3.01. The minimum Gasteiger partial charge on any atom is -0.468 e. The second kappa shape index (κ2) is 5.87. The summed E-state index contributed by atoms with van der Waals surface area (Å²) in [6.07, 6.45) is 6.62. The maximum atomic E-state index is 5.37. The van der Waals surface area contributed by atoms with Crippen molar-refractivity contribution < 1.29 is 4.42 Å². The molecule has 2 heterocycles. The average Bonchev–Trinajstić information content (AvgIpc) is 2.99. The van der Waals surface area contributed by atoms with Crippen molar-refractivity contribution in [2.24, 2.45) is 0 Å². The van der Waals surface area contributed by atoms with Gasteiger partial charge in [0.1, 0.15) is 11.6 Å². The van der Waals surface area contributed by atoms with Gasteiger partial charge in [-0.15, -0.1) is 0 Å². The summed E-state index contributed by atoms with van der Waals surface area (Å²) in [4.78, 5) is 6.64. The molecule has 0 aliphatic rings. The predicted octanol–water partition coefficient (Wildman–Crippen LogP) is 2.56. The number of imidazole rings is 1. The lowest BCUT2D eigenvalue weighted by Gasteiger charge is -2.24. The Balaban J connectivity index is 1.93. The van der Waals surface area contributed by atoms with Gasteiger partial charge in [0.05, 0.1) is 12.8 Å². The summed E-state index contributed by atoms with van der Waals surface area (Å²) in [6, 6.07) is 4.38. The molecule has 0 amide bonds. The highest BCUT2D eigenvalue weighted by Crippen LogP contribution is 2.09. The molecule has 0 fully saturated rings. The molecule has 0 saturated heterocycles. The van der Waals surface area contributed by atoms with Gasteiger partial charge < -0.3 is 8.98 Å². The van der Waals surface area contributed by atoms with Crippen LogP contribution in [0.2, 0.25) is 0 Å². The van der Waals surface area contributed by atoms with E-state index in [1.165, 1.54) is 0 Å². The van der Waals surface area contributed by atoms with Gasteiger partial charge in [-0.1, -0.05) is 6.92 Å². The highest BCUT2D eigenvalue weighted by molar-refractivity contribution is 4.98. The number of nitrogens with zero attached hydrogens (tertiary/aromatic N) is 3. The van der Waals surface area contributed by atoms with Gasteiger partial charge in [-0.2, -0.15) is 0 Å². The zero-order chi connectivity index (χ0) is 13.0. The lowest BCUT2D eigenvalue weighted by molar-refractivity contribution is 0.209. The Kier molecular flexibility index (Phi) is 4.20. The second-order valence-corrected chi connectivity index (χ2v) is 4.69. The highest BCUT2D eigenvalue weighted by Gasteiger charge is 2.12. The van der Waals surface area contributed by atoms with E-state index >= 15 is 0 Å². The molecule has 2 aromatic rings. The molecule has 0 radical (unpaired) electrons. The van der Waals surface area contributed by atoms with Crippen molar-refractivity contribution in [2.75, 3.05) is 7.05 Å². The average molecular weight is 247 g/mol. The summed E-state index contributed by atoms with van der Waals surface area (Å²) in [5.41, 5.74) is 0. The van der Waals surface area contributed by atoms with Crippen LogP contribution in [0.4, 0.5) is 0 Å². The maximum Gasteiger partial charge on any atom is 0.117 e. The smallest absolute Gasteiger partial charge is 0.117 e. The molecule has 18 heavy (non-hydrogen) atoms. The molecular weight excluding hydrogens is 226 g/mol.